The largest absolute Gasteiger partial charge is 0.494 e. The summed E-state index contributed by atoms with van der Waals surface area (Å²) in [6.07, 6.45) is 0.249. The van der Waals surface area contributed by atoms with Gasteiger partial charge in [-0.25, -0.2) is 0 Å². The van der Waals surface area contributed by atoms with Crippen molar-refractivity contribution in [3.8, 4) is 5.75 Å². The van der Waals surface area contributed by atoms with Crippen molar-refractivity contribution in [2.45, 2.75) is 39.3 Å². The molecule has 0 aliphatic heterocycles. The van der Waals surface area contributed by atoms with Crippen molar-refractivity contribution >= 4 is 5.91 Å². The van der Waals surface area contributed by atoms with Crippen LogP contribution >= 0.6 is 0 Å². The molecular weight excluding hydrogens is 302 g/mol. The first-order valence-electron chi connectivity index (χ1n) is 8.32. The van der Waals surface area contributed by atoms with Gasteiger partial charge in [0.2, 0.25) is 5.91 Å². The molecule has 0 spiro atoms. The van der Waals surface area contributed by atoms with E-state index < -0.39 is 6.10 Å². The van der Waals surface area contributed by atoms with E-state index in [1.54, 1.807) is 0 Å². The number of aliphatic hydroxyl groups excluding tert-OH is 1. The Morgan fingerprint density at radius 1 is 1.21 bits per heavy atom. The average Bonchev–Trinajstić information content (AvgIpc) is 2.59. The first-order chi connectivity index (χ1) is 11.6. The van der Waals surface area contributed by atoms with Crippen LogP contribution in [-0.4, -0.2) is 17.6 Å². The minimum atomic E-state index is -0.780. The first kappa shape index (κ1) is 18.0. The third kappa shape index (κ3) is 5.39. The molecule has 0 radical (unpaired) electrons. The van der Waals surface area contributed by atoms with Gasteiger partial charge in [-0.2, -0.15) is 0 Å². The number of ether oxygens (including phenoxy) is 1. The Morgan fingerprint density at radius 3 is 2.62 bits per heavy atom. The van der Waals surface area contributed by atoms with Crippen LogP contribution in [0, 0.1) is 6.92 Å². The number of hydrogen-bond donors (Lipinski definition) is 2. The highest BCUT2D eigenvalue weighted by molar-refractivity contribution is 5.76. The molecule has 1 unspecified atom stereocenters. The number of aliphatic hydroxyl groups is 1. The Balaban J connectivity index is 1.85. The second-order valence-electron chi connectivity index (χ2n) is 5.84. The normalized spacial score (nSPS) is 11.8. The summed E-state index contributed by atoms with van der Waals surface area (Å²) in [7, 11) is 0. The van der Waals surface area contributed by atoms with E-state index in [2.05, 4.69) is 12.2 Å². The van der Waals surface area contributed by atoms with Crippen molar-refractivity contribution in [2.24, 2.45) is 0 Å². The van der Waals surface area contributed by atoms with E-state index in [-0.39, 0.29) is 12.3 Å². The monoisotopic (exact) mass is 327 g/mol. The lowest BCUT2D eigenvalue weighted by Crippen LogP contribution is -2.25. The number of amides is 1. The van der Waals surface area contributed by atoms with Crippen molar-refractivity contribution in [2.75, 3.05) is 6.61 Å². The van der Waals surface area contributed by atoms with Gasteiger partial charge in [-0.3, -0.25) is 4.79 Å². The second kappa shape index (κ2) is 9.08. The van der Waals surface area contributed by atoms with Gasteiger partial charge in [0.25, 0.3) is 0 Å². The van der Waals surface area contributed by atoms with E-state index in [1.165, 1.54) is 0 Å². The molecule has 0 aliphatic rings. The molecule has 4 nitrogen and oxygen atoms in total. The summed E-state index contributed by atoms with van der Waals surface area (Å²) in [5.41, 5.74) is 2.87. The highest BCUT2D eigenvalue weighted by atomic mass is 16.5. The van der Waals surface area contributed by atoms with Crippen LogP contribution in [0.4, 0.5) is 0 Å². The Bertz CT molecular complexity index is 655. The number of carbonyl (C=O) groups is 1. The average molecular weight is 327 g/mol. The minimum Gasteiger partial charge on any atom is -0.494 e. The lowest BCUT2D eigenvalue weighted by Gasteiger charge is -2.13. The fraction of sp³-hybridized carbons (Fsp3) is 0.350. The number of carbonyl (C=O) groups excluding carboxylic acids is 1. The molecule has 0 bridgehead atoms. The van der Waals surface area contributed by atoms with Crippen molar-refractivity contribution in [1.29, 1.82) is 0 Å². The Kier molecular flexibility index (Phi) is 6.82. The molecule has 0 aromatic heterocycles. The summed E-state index contributed by atoms with van der Waals surface area (Å²) >= 11 is 0. The zero-order valence-corrected chi connectivity index (χ0v) is 14.3. The van der Waals surface area contributed by atoms with E-state index in [0.29, 0.717) is 13.2 Å². The molecule has 128 valence electrons. The van der Waals surface area contributed by atoms with E-state index in [4.69, 9.17) is 4.74 Å². The number of benzene rings is 2. The summed E-state index contributed by atoms with van der Waals surface area (Å²) < 4.78 is 5.60. The first-order valence-corrected chi connectivity index (χ1v) is 8.32. The van der Waals surface area contributed by atoms with E-state index >= 15 is 0 Å². The summed E-state index contributed by atoms with van der Waals surface area (Å²) in [5.74, 6) is 0.681. The van der Waals surface area contributed by atoms with E-state index in [9.17, 15) is 9.90 Å². The van der Waals surface area contributed by atoms with E-state index in [0.717, 1.165) is 28.9 Å². The molecule has 0 saturated heterocycles. The van der Waals surface area contributed by atoms with Crippen LogP contribution in [0.1, 0.15) is 42.6 Å². The molecule has 2 aromatic carbocycles. The van der Waals surface area contributed by atoms with Crippen LogP contribution in [0.25, 0.3) is 0 Å². The molecule has 0 heterocycles. The SMILES string of the molecule is CCCOc1ccc(CNC(=O)CC(O)c2ccccc2)c(C)c1. The van der Waals surface area contributed by atoms with Crippen LogP contribution in [0.2, 0.25) is 0 Å². The Labute approximate surface area is 143 Å². The molecule has 4 heteroatoms. The van der Waals surface area contributed by atoms with Gasteiger partial charge in [-0.1, -0.05) is 43.3 Å². The number of nitrogens with one attached hydrogen (secondary N) is 1. The predicted octanol–water partition coefficient (Wildman–Crippen LogP) is 3.52. The molecule has 24 heavy (non-hydrogen) atoms. The Morgan fingerprint density at radius 2 is 1.96 bits per heavy atom. The van der Waals surface area contributed by atoms with Crippen LogP contribution in [0.15, 0.2) is 48.5 Å². The zero-order chi connectivity index (χ0) is 17.4. The van der Waals surface area contributed by atoms with E-state index in [1.807, 2.05) is 55.5 Å². The van der Waals surface area contributed by atoms with Crippen LogP contribution in [0.5, 0.6) is 5.75 Å². The fourth-order valence-electron chi connectivity index (χ4n) is 2.41. The van der Waals surface area contributed by atoms with Gasteiger partial charge in [-0.05, 0) is 42.2 Å². The topological polar surface area (TPSA) is 58.6 Å². The summed E-state index contributed by atoms with van der Waals surface area (Å²) in [6, 6.07) is 15.1. The van der Waals surface area contributed by atoms with Crippen molar-refractivity contribution < 1.29 is 14.6 Å². The molecule has 0 aliphatic carbocycles. The third-order valence-corrected chi connectivity index (χ3v) is 3.83. The van der Waals surface area contributed by atoms with Gasteiger partial charge in [0.1, 0.15) is 5.75 Å². The van der Waals surface area contributed by atoms with Crippen molar-refractivity contribution in [1.82, 2.24) is 5.32 Å². The maximum absolute atomic E-state index is 12.0. The van der Waals surface area contributed by atoms with Gasteiger partial charge >= 0.3 is 0 Å². The third-order valence-electron chi connectivity index (χ3n) is 3.83. The maximum Gasteiger partial charge on any atom is 0.223 e. The van der Waals surface area contributed by atoms with Crippen molar-refractivity contribution in [3.63, 3.8) is 0 Å². The summed E-state index contributed by atoms with van der Waals surface area (Å²) in [6.45, 7) is 5.22. The number of rotatable bonds is 8. The molecule has 0 fully saturated rings. The van der Waals surface area contributed by atoms with Gasteiger partial charge in [0, 0.05) is 6.54 Å². The molecule has 1 amide bonds. The molecule has 1 atom stereocenters. The van der Waals surface area contributed by atoms with Crippen LogP contribution < -0.4 is 10.1 Å². The minimum absolute atomic E-state index is 0.0563. The number of hydrogen-bond acceptors (Lipinski definition) is 3. The van der Waals surface area contributed by atoms with Gasteiger partial charge in [0.15, 0.2) is 0 Å². The van der Waals surface area contributed by atoms with Crippen LogP contribution in [-0.2, 0) is 11.3 Å². The Hall–Kier alpha value is -2.33. The predicted molar refractivity (Wildman–Crippen MR) is 94.8 cm³/mol. The second-order valence-corrected chi connectivity index (χ2v) is 5.84. The van der Waals surface area contributed by atoms with Crippen LogP contribution in [0.3, 0.4) is 0 Å². The fourth-order valence-corrected chi connectivity index (χ4v) is 2.41. The van der Waals surface area contributed by atoms with Crippen molar-refractivity contribution in [3.05, 3.63) is 65.2 Å². The van der Waals surface area contributed by atoms with Gasteiger partial charge in [0.05, 0.1) is 19.1 Å². The summed E-state index contributed by atoms with van der Waals surface area (Å²) in [4.78, 5) is 12.0. The molecule has 2 rings (SSSR count). The lowest BCUT2D eigenvalue weighted by atomic mass is 10.1. The molecular formula is C20H25NO3. The molecule has 2 aromatic rings. The highest BCUT2D eigenvalue weighted by Crippen LogP contribution is 2.18. The lowest BCUT2D eigenvalue weighted by molar-refractivity contribution is -0.123. The number of aryl methyl sites for hydroxylation is 1. The molecule has 2 N–H and O–H groups in total. The maximum atomic E-state index is 12.0. The molecule has 0 saturated carbocycles. The highest BCUT2D eigenvalue weighted by Gasteiger charge is 2.12. The van der Waals surface area contributed by atoms with Gasteiger partial charge in [-0.15, -0.1) is 0 Å². The van der Waals surface area contributed by atoms with Gasteiger partial charge < -0.3 is 15.2 Å². The smallest absolute Gasteiger partial charge is 0.223 e. The quantitative estimate of drug-likeness (QED) is 0.780. The summed E-state index contributed by atoms with van der Waals surface area (Å²) in [5, 5.41) is 12.9. The zero-order valence-electron chi connectivity index (χ0n) is 14.3. The standard InChI is InChI=1S/C20H25NO3/c1-3-11-24-18-10-9-17(15(2)12-18)14-21-20(23)13-19(22)16-7-5-4-6-8-16/h4-10,12,19,22H,3,11,13-14H2,1-2H3,(H,21,23).